The first kappa shape index (κ1) is 22.9. The topological polar surface area (TPSA) is 32.7 Å². The number of carbonyl (C=O) groups is 1. The Kier molecular flexibility index (Phi) is 8.69. The molecule has 2 aromatic carbocycles. The van der Waals surface area contributed by atoms with Gasteiger partial charge >= 0.3 is 0 Å². The van der Waals surface area contributed by atoms with Crippen LogP contribution in [0, 0.1) is 0 Å². The van der Waals surface area contributed by atoms with E-state index in [1.54, 1.807) is 23.2 Å². The van der Waals surface area contributed by atoms with Gasteiger partial charge in [0, 0.05) is 34.9 Å². The molecule has 0 aliphatic rings. The van der Waals surface area contributed by atoms with Gasteiger partial charge in [0.2, 0.25) is 0 Å². The molecule has 0 heterocycles. The summed E-state index contributed by atoms with van der Waals surface area (Å²) in [5.41, 5.74) is 3.53. The van der Waals surface area contributed by atoms with Crippen molar-refractivity contribution in [2.45, 2.75) is 33.2 Å². The van der Waals surface area contributed by atoms with Crippen molar-refractivity contribution in [2.75, 3.05) is 6.54 Å². The number of rotatable bonds is 8. The molecule has 29 heavy (non-hydrogen) atoms. The first-order chi connectivity index (χ1) is 13.8. The van der Waals surface area contributed by atoms with Crippen LogP contribution in [0.1, 0.15) is 48.2 Å². The van der Waals surface area contributed by atoms with Gasteiger partial charge in [-0.25, -0.2) is 0 Å². The van der Waals surface area contributed by atoms with Crippen molar-refractivity contribution in [1.29, 1.82) is 0 Å². The number of hydrogen-bond donors (Lipinski definition) is 0. The van der Waals surface area contributed by atoms with Gasteiger partial charge in [-0.15, -0.1) is 0 Å². The average Bonchev–Trinajstić information content (AvgIpc) is 2.69. The number of amides is 1. The molecule has 3 nitrogen and oxygen atoms in total. The lowest BCUT2D eigenvalue weighted by Crippen LogP contribution is -2.32. The predicted molar refractivity (Wildman–Crippen MR) is 124 cm³/mol. The van der Waals surface area contributed by atoms with E-state index in [4.69, 9.17) is 23.2 Å². The Bertz CT molecular complexity index is 915. The van der Waals surface area contributed by atoms with Crippen molar-refractivity contribution in [2.24, 2.45) is 4.99 Å². The number of hydrogen-bond acceptors (Lipinski definition) is 2. The molecular weight excluding hydrogens is 403 g/mol. The molecule has 0 spiro atoms. The summed E-state index contributed by atoms with van der Waals surface area (Å²) in [4.78, 5) is 18.9. The van der Waals surface area contributed by atoms with E-state index in [2.05, 4.69) is 25.6 Å². The molecule has 0 saturated carbocycles. The maximum atomic E-state index is 13.3. The zero-order valence-electron chi connectivity index (χ0n) is 17.0. The summed E-state index contributed by atoms with van der Waals surface area (Å²) in [6.07, 6.45) is 5.48. The molecule has 0 bridgehead atoms. The minimum absolute atomic E-state index is 0.0780. The summed E-state index contributed by atoms with van der Waals surface area (Å²) in [5.74, 6) is 0.330. The third-order valence-electron chi connectivity index (χ3n) is 4.50. The van der Waals surface area contributed by atoms with Gasteiger partial charge in [-0.2, -0.15) is 0 Å². The Hall–Kier alpha value is -2.36. The molecule has 0 aromatic heterocycles. The van der Waals surface area contributed by atoms with E-state index in [0.29, 0.717) is 34.6 Å². The van der Waals surface area contributed by atoms with E-state index in [1.165, 1.54) is 5.56 Å². The molecule has 5 heteroatoms. The lowest BCUT2D eigenvalue weighted by Gasteiger charge is -2.24. The Labute approximate surface area is 183 Å². The Morgan fingerprint density at radius 2 is 1.86 bits per heavy atom. The first-order valence-electron chi connectivity index (χ1n) is 9.46. The number of benzene rings is 2. The molecule has 0 unspecified atom stereocenters. The standard InChI is InChI=1S/C24H26Cl2N2O/c1-5-6-18(14-27-4)15-28(16-21-11-12-22(25)13-23(21)26)24(29)20-9-7-19(8-10-20)17(2)3/h5-14,17H,4,15-16H2,1-3H3/b6-5-,18-14+. The maximum absolute atomic E-state index is 13.3. The molecule has 0 saturated heterocycles. The summed E-state index contributed by atoms with van der Waals surface area (Å²) in [5, 5.41) is 1.09. The molecule has 1 amide bonds. The number of carbonyl (C=O) groups excluding carboxylic acids is 1. The third kappa shape index (κ3) is 6.59. The molecule has 0 N–H and O–H groups in total. The van der Waals surface area contributed by atoms with Crippen molar-refractivity contribution in [3.8, 4) is 0 Å². The highest BCUT2D eigenvalue weighted by atomic mass is 35.5. The Morgan fingerprint density at radius 3 is 2.41 bits per heavy atom. The van der Waals surface area contributed by atoms with Crippen molar-refractivity contribution in [3.05, 3.63) is 93.1 Å². The molecule has 0 atom stereocenters. The van der Waals surface area contributed by atoms with Crippen LogP contribution in [0.3, 0.4) is 0 Å². The van der Waals surface area contributed by atoms with Crippen molar-refractivity contribution < 1.29 is 4.79 Å². The van der Waals surface area contributed by atoms with Gasteiger partial charge in [0.1, 0.15) is 0 Å². The minimum atomic E-state index is -0.0780. The molecule has 0 fully saturated rings. The zero-order chi connectivity index (χ0) is 21.4. The van der Waals surface area contributed by atoms with Crippen LogP contribution in [-0.2, 0) is 6.54 Å². The molecule has 152 valence electrons. The second kappa shape index (κ2) is 11.0. The van der Waals surface area contributed by atoms with Crippen LogP contribution < -0.4 is 0 Å². The van der Waals surface area contributed by atoms with Crippen LogP contribution in [0.15, 0.2) is 71.4 Å². The lowest BCUT2D eigenvalue weighted by molar-refractivity contribution is 0.0759. The van der Waals surface area contributed by atoms with Gasteiger partial charge in [0.25, 0.3) is 5.91 Å². The van der Waals surface area contributed by atoms with E-state index in [-0.39, 0.29) is 5.91 Å². The van der Waals surface area contributed by atoms with Gasteiger partial charge in [-0.1, -0.05) is 67.4 Å². The van der Waals surface area contributed by atoms with E-state index >= 15 is 0 Å². The van der Waals surface area contributed by atoms with Crippen molar-refractivity contribution in [3.63, 3.8) is 0 Å². The van der Waals surface area contributed by atoms with Crippen LogP contribution >= 0.6 is 23.2 Å². The summed E-state index contributed by atoms with van der Waals surface area (Å²) in [6, 6.07) is 13.1. The van der Waals surface area contributed by atoms with Crippen LogP contribution in [0.25, 0.3) is 0 Å². The van der Waals surface area contributed by atoms with Gasteiger partial charge in [-0.3, -0.25) is 9.79 Å². The fourth-order valence-corrected chi connectivity index (χ4v) is 3.40. The van der Waals surface area contributed by atoms with Gasteiger partial charge in [-0.05, 0) is 60.5 Å². The number of nitrogens with zero attached hydrogens (tertiary/aromatic N) is 2. The zero-order valence-corrected chi connectivity index (χ0v) is 18.5. The second-order valence-electron chi connectivity index (χ2n) is 7.06. The van der Waals surface area contributed by atoms with Crippen molar-refractivity contribution >= 4 is 35.8 Å². The molecular formula is C24H26Cl2N2O. The minimum Gasteiger partial charge on any atom is -0.330 e. The van der Waals surface area contributed by atoms with Crippen LogP contribution in [-0.4, -0.2) is 24.1 Å². The van der Waals surface area contributed by atoms with Gasteiger partial charge < -0.3 is 4.90 Å². The van der Waals surface area contributed by atoms with Crippen molar-refractivity contribution in [1.82, 2.24) is 4.90 Å². The average molecular weight is 429 g/mol. The number of halogens is 2. The molecule has 0 aliphatic carbocycles. The Morgan fingerprint density at radius 1 is 1.17 bits per heavy atom. The monoisotopic (exact) mass is 428 g/mol. The molecule has 2 rings (SSSR count). The fraction of sp³-hybridized carbons (Fsp3) is 0.250. The number of aliphatic imine (C=N–C) groups is 1. The highest BCUT2D eigenvalue weighted by Gasteiger charge is 2.19. The van der Waals surface area contributed by atoms with Gasteiger partial charge in [0.05, 0.1) is 0 Å². The van der Waals surface area contributed by atoms with Crippen LogP contribution in [0.5, 0.6) is 0 Å². The first-order valence-corrected chi connectivity index (χ1v) is 10.2. The normalized spacial score (nSPS) is 11.9. The summed E-state index contributed by atoms with van der Waals surface area (Å²) in [7, 11) is 0. The van der Waals surface area contributed by atoms with E-state index in [0.717, 1.165) is 11.1 Å². The summed E-state index contributed by atoms with van der Waals surface area (Å²) >= 11 is 12.4. The third-order valence-corrected chi connectivity index (χ3v) is 5.09. The highest BCUT2D eigenvalue weighted by molar-refractivity contribution is 6.35. The smallest absolute Gasteiger partial charge is 0.254 e. The summed E-state index contributed by atoms with van der Waals surface area (Å²) in [6.45, 7) is 10.4. The van der Waals surface area contributed by atoms with Crippen LogP contribution in [0.2, 0.25) is 10.0 Å². The van der Waals surface area contributed by atoms with Gasteiger partial charge in [0.15, 0.2) is 0 Å². The lowest BCUT2D eigenvalue weighted by atomic mass is 10.0. The maximum Gasteiger partial charge on any atom is 0.254 e. The molecule has 2 aromatic rings. The SMILES string of the molecule is C=N/C=C(\C=C/C)CN(Cc1ccc(Cl)cc1Cl)C(=O)c1ccc(C(C)C)cc1. The van der Waals surface area contributed by atoms with E-state index < -0.39 is 0 Å². The molecule has 0 aliphatic heterocycles. The largest absolute Gasteiger partial charge is 0.330 e. The second-order valence-corrected chi connectivity index (χ2v) is 7.90. The van der Waals surface area contributed by atoms with Crippen LogP contribution in [0.4, 0.5) is 0 Å². The molecule has 0 radical (unpaired) electrons. The Balaban J connectivity index is 2.37. The van der Waals surface area contributed by atoms with E-state index in [1.807, 2.05) is 49.4 Å². The number of allylic oxidation sites excluding steroid dienone is 1. The van der Waals surface area contributed by atoms with E-state index in [9.17, 15) is 4.79 Å². The predicted octanol–water partition coefficient (Wildman–Crippen LogP) is 6.92. The fourth-order valence-electron chi connectivity index (χ4n) is 2.94. The quantitative estimate of drug-likeness (QED) is 0.331. The summed E-state index contributed by atoms with van der Waals surface area (Å²) < 4.78 is 0. The highest BCUT2D eigenvalue weighted by Crippen LogP contribution is 2.24.